The summed E-state index contributed by atoms with van der Waals surface area (Å²) in [5.74, 6) is 5.32. The molecule has 0 aromatic carbocycles. The van der Waals surface area contributed by atoms with Crippen LogP contribution in [0.5, 0.6) is 0 Å². The number of hydrogen-bond acceptors (Lipinski definition) is 1. The second-order valence-electron chi connectivity index (χ2n) is 14.3. The Morgan fingerprint density at radius 2 is 1.29 bits per heavy atom. The smallest absolute Gasteiger partial charge is 0.00489 e. The molecule has 1 N–H and O–H groups in total. The average Bonchev–Trinajstić information content (AvgIpc) is 3.20. The van der Waals surface area contributed by atoms with Gasteiger partial charge in [0, 0.05) is 0 Å². The van der Waals surface area contributed by atoms with E-state index in [-0.39, 0.29) is 0 Å². The molecular weight excluding hydrogens is 422 g/mol. The molecule has 7 atom stereocenters. The van der Waals surface area contributed by atoms with Crippen LogP contribution in [0.4, 0.5) is 0 Å². The zero-order valence-electron chi connectivity index (χ0n) is 24.4. The third kappa shape index (κ3) is 6.70. The molecule has 4 saturated carbocycles. The average molecular weight is 486 g/mol. The molecule has 4 unspecified atom stereocenters. The van der Waals surface area contributed by atoms with Gasteiger partial charge in [0.05, 0.1) is 0 Å². The summed E-state index contributed by atoms with van der Waals surface area (Å²) in [5, 5.41) is 3.76. The van der Waals surface area contributed by atoms with Gasteiger partial charge in [-0.05, 0) is 124 Å². The molecule has 4 aliphatic rings. The van der Waals surface area contributed by atoms with Crippen LogP contribution in [-0.4, -0.2) is 13.1 Å². The predicted octanol–water partition coefficient (Wildman–Crippen LogP) is 10.3. The minimum atomic E-state index is 0.684. The second-order valence-corrected chi connectivity index (χ2v) is 14.3. The molecule has 4 fully saturated rings. The Morgan fingerprint density at radius 3 is 2.06 bits per heavy atom. The van der Waals surface area contributed by atoms with E-state index in [1.165, 1.54) is 103 Å². The van der Waals surface area contributed by atoms with E-state index in [0.717, 1.165) is 29.6 Å². The highest BCUT2D eigenvalue weighted by Crippen LogP contribution is 2.67. The summed E-state index contributed by atoms with van der Waals surface area (Å²) in [4.78, 5) is 0. The van der Waals surface area contributed by atoms with Crippen LogP contribution >= 0.6 is 0 Å². The minimum absolute atomic E-state index is 0.684. The van der Waals surface area contributed by atoms with Crippen LogP contribution in [0.1, 0.15) is 162 Å². The lowest BCUT2D eigenvalue weighted by atomic mass is 9.45. The van der Waals surface area contributed by atoms with Gasteiger partial charge in [0.15, 0.2) is 0 Å². The van der Waals surface area contributed by atoms with Crippen molar-refractivity contribution in [2.24, 2.45) is 40.4 Å². The van der Waals surface area contributed by atoms with Gasteiger partial charge in [0.25, 0.3) is 0 Å². The van der Waals surface area contributed by atoms with Crippen molar-refractivity contribution in [3.63, 3.8) is 0 Å². The van der Waals surface area contributed by atoms with Gasteiger partial charge >= 0.3 is 0 Å². The molecule has 0 aromatic rings. The molecule has 1 nitrogen and oxygen atoms in total. The van der Waals surface area contributed by atoms with E-state index >= 15 is 0 Å². The molecule has 4 aliphatic carbocycles. The Labute approximate surface area is 220 Å². The molecule has 0 radical (unpaired) electrons. The molecule has 4 rings (SSSR count). The Balaban J connectivity index is 1.08. The first-order valence-electron chi connectivity index (χ1n) is 16.8. The number of unbranched alkanes of at least 4 members (excludes halogenated alkanes) is 9. The van der Waals surface area contributed by atoms with Crippen molar-refractivity contribution in [1.29, 1.82) is 0 Å². The third-order valence-electron chi connectivity index (χ3n) is 12.4. The van der Waals surface area contributed by atoms with E-state index in [9.17, 15) is 0 Å². The van der Waals surface area contributed by atoms with Crippen LogP contribution in [0.3, 0.4) is 0 Å². The van der Waals surface area contributed by atoms with Crippen LogP contribution in [0, 0.1) is 40.4 Å². The highest BCUT2D eigenvalue weighted by Gasteiger charge is 2.59. The van der Waals surface area contributed by atoms with E-state index in [1.54, 1.807) is 51.4 Å². The summed E-state index contributed by atoms with van der Waals surface area (Å²) in [5.41, 5.74) is 1.39. The highest BCUT2D eigenvalue weighted by atomic mass is 14.8. The molecule has 0 spiro atoms. The first-order valence-corrected chi connectivity index (χ1v) is 16.8. The van der Waals surface area contributed by atoms with Crippen LogP contribution in [0.2, 0.25) is 0 Å². The van der Waals surface area contributed by atoms with Gasteiger partial charge in [-0.2, -0.15) is 0 Å². The molecule has 35 heavy (non-hydrogen) atoms. The maximum atomic E-state index is 3.76. The number of rotatable bonds is 15. The monoisotopic (exact) mass is 485 g/mol. The standard InChI is InChI=1S/C34H63N/c1-4-5-6-7-8-9-10-11-15-26-35-27-16-13-18-29-20-22-31-30-21-19-28-17-12-14-24-33(28,2)32(30)23-25-34(29,31)3/h28-32,35H,4-27H2,1-3H3/t28?,29-,30?,31?,32?,33-,34+/m0/s1. The Kier molecular flexibility index (Phi) is 10.9. The fourth-order valence-electron chi connectivity index (χ4n) is 10.2. The lowest BCUT2D eigenvalue weighted by Gasteiger charge is -2.60. The molecule has 0 heterocycles. The first-order chi connectivity index (χ1) is 17.1. The van der Waals surface area contributed by atoms with Gasteiger partial charge in [-0.1, -0.05) is 91.4 Å². The number of nitrogens with one attached hydrogen (secondary N) is 1. The zero-order chi connectivity index (χ0) is 24.6. The fraction of sp³-hybridized carbons (Fsp3) is 1.00. The molecule has 0 bridgehead atoms. The number of hydrogen-bond donors (Lipinski definition) is 1. The van der Waals surface area contributed by atoms with Crippen molar-refractivity contribution >= 4 is 0 Å². The summed E-state index contributed by atoms with van der Waals surface area (Å²) < 4.78 is 0. The molecule has 0 amide bonds. The summed E-state index contributed by atoms with van der Waals surface area (Å²) in [6, 6.07) is 0. The lowest BCUT2D eigenvalue weighted by Crippen LogP contribution is -2.52. The molecule has 0 aliphatic heterocycles. The van der Waals surface area contributed by atoms with Crippen molar-refractivity contribution in [2.45, 2.75) is 162 Å². The lowest BCUT2D eigenvalue weighted by molar-refractivity contribution is -0.111. The van der Waals surface area contributed by atoms with E-state index in [0.29, 0.717) is 10.8 Å². The molecular formula is C34H63N. The van der Waals surface area contributed by atoms with Crippen LogP contribution in [0.15, 0.2) is 0 Å². The Hall–Kier alpha value is -0.0400. The van der Waals surface area contributed by atoms with Gasteiger partial charge in [0.2, 0.25) is 0 Å². The highest BCUT2D eigenvalue weighted by molar-refractivity contribution is 5.08. The van der Waals surface area contributed by atoms with Gasteiger partial charge in [-0.15, -0.1) is 0 Å². The van der Waals surface area contributed by atoms with E-state index < -0.39 is 0 Å². The first kappa shape index (κ1) is 28.0. The molecule has 1 heteroatoms. The van der Waals surface area contributed by atoms with E-state index in [4.69, 9.17) is 0 Å². The van der Waals surface area contributed by atoms with Crippen molar-refractivity contribution in [2.75, 3.05) is 13.1 Å². The third-order valence-corrected chi connectivity index (χ3v) is 12.4. The normalized spacial score (nSPS) is 38.7. The van der Waals surface area contributed by atoms with Crippen molar-refractivity contribution in [1.82, 2.24) is 5.32 Å². The quantitative estimate of drug-likeness (QED) is 0.227. The van der Waals surface area contributed by atoms with Gasteiger partial charge in [-0.3, -0.25) is 0 Å². The largest absolute Gasteiger partial charge is 0.317 e. The summed E-state index contributed by atoms with van der Waals surface area (Å²) >= 11 is 0. The summed E-state index contributed by atoms with van der Waals surface area (Å²) in [6.07, 6.45) is 32.9. The number of fused-ring (bicyclic) bond motifs is 5. The Morgan fingerprint density at radius 1 is 0.600 bits per heavy atom. The maximum Gasteiger partial charge on any atom is -0.00489 e. The molecule has 204 valence electrons. The van der Waals surface area contributed by atoms with Crippen LogP contribution < -0.4 is 5.32 Å². The minimum Gasteiger partial charge on any atom is -0.317 e. The topological polar surface area (TPSA) is 12.0 Å². The van der Waals surface area contributed by atoms with Gasteiger partial charge in [-0.25, -0.2) is 0 Å². The van der Waals surface area contributed by atoms with E-state index in [1.807, 2.05) is 0 Å². The predicted molar refractivity (Wildman–Crippen MR) is 154 cm³/mol. The second kappa shape index (κ2) is 13.7. The summed E-state index contributed by atoms with van der Waals surface area (Å²) in [6.45, 7) is 10.3. The maximum absolute atomic E-state index is 3.76. The van der Waals surface area contributed by atoms with Crippen molar-refractivity contribution in [3.8, 4) is 0 Å². The van der Waals surface area contributed by atoms with Crippen LogP contribution in [-0.2, 0) is 0 Å². The SMILES string of the molecule is CCCCCCCCCCCNCCCC[C@H]1CCC2C3CCC4CCCC[C@]4(C)C3CC[C@@]21C. The van der Waals surface area contributed by atoms with Crippen molar-refractivity contribution < 1.29 is 0 Å². The van der Waals surface area contributed by atoms with E-state index in [2.05, 4.69) is 26.1 Å². The van der Waals surface area contributed by atoms with Gasteiger partial charge in [0.1, 0.15) is 0 Å². The van der Waals surface area contributed by atoms with Gasteiger partial charge < -0.3 is 5.32 Å². The molecule has 0 aromatic heterocycles. The summed E-state index contributed by atoms with van der Waals surface area (Å²) in [7, 11) is 0. The molecule has 0 saturated heterocycles. The zero-order valence-corrected chi connectivity index (χ0v) is 24.4. The fourth-order valence-corrected chi connectivity index (χ4v) is 10.2. The Bertz CT molecular complexity index is 599. The van der Waals surface area contributed by atoms with Crippen molar-refractivity contribution in [3.05, 3.63) is 0 Å². The van der Waals surface area contributed by atoms with Crippen LogP contribution in [0.25, 0.3) is 0 Å².